The topological polar surface area (TPSA) is 12.0 Å². The van der Waals surface area contributed by atoms with Crippen molar-refractivity contribution in [1.29, 1.82) is 0 Å². The van der Waals surface area contributed by atoms with Crippen LogP contribution in [0, 0.1) is 11.8 Å². The van der Waals surface area contributed by atoms with Crippen LogP contribution in [0.2, 0.25) is 0 Å². The first-order chi connectivity index (χ1) is 6.83. The highest BCUT2D eigenvalue weighted by atomic mass is 32.2. The summed E-state index contributed by atoms with van der Waals surface area (Å²) in [4.78, 5) is 0. The van der Waals surface area contributed by atoms with Crippen LogP contribution in [0.3, 0.4) is 0 Å². The maximum Gasteiger partial charge on any atom is 0.0131 e. The van der Waals surface area contributed by atoms with Crippen molar-refractivity contribution < 1.29 is 0 Å². The molecule has 84 valence electrons. The minimum absolute atomic E-state index is 0.782. The lowest BCUT2D eigenvalue weighted by molar-refractivity contribution is 0.263. The third-order valence-corrected chi connectivity index (χ3v) is 4.66. The Kier molecular flexibility index (Phi) is 5.95. The second-order valence-corrected chi connectivity index (χ2v) is 5.43. The van der Waals surface area contributed by atoms with E-state index in [1.54, 1.807) is 0 Å². The third kappa shape index (κ3) is 3.16. The van der Waals surface area contributed by atoms with Gasteiger partial charge >= 0.3 is 0 Å². The van der Waals surface area contributed by atoms with E-state index in [1.807, 2.05) is 0 Å². The molecule has 0 spiro atoms. The molecule has 1 nitrogen and oxygen atoms in total. The molecule has 0 amide bonds. The van der Waals surface area contributed by atoms with E-state index in [0.29, 0.717) is 0 Å². The maximum atomic E-state index is 3.71. The highest BCUT2D eigenvalue weighted by Gasteiger charge is 2.29. The van der Waals surface area contributed by atoms with E-state index in [0.717, 1.165) is 24.4 Å². The highest BCUT2D eigenvalue weighted by molar-refractivity contribution is 7.99. The van der Waals surface area contributed by atoms with E-state index in [9.17, 15) is 0 Å². The molecular formula is C12H25NS. The van der Waals surface area contributed by atoms with Crippen molar-refractivity contribution in [3.8, 4) is 0 Å². The standard InChI is InChI=1S/C12H25NS/c1-4-10(5-2)12(13-6-3)11-7-8-14-9-11/h10-13H,4-9H2,1-3H3. The quantitative estimate of drug-likeness (QED) is 0.730. The van der Waals surface area contributed by atoms with Gasteiger partial charge in [0.25, 0.3) is 0 Å². The van der Waals surface area contributed by atoms with Crippen LogP contribution in [-0.4, -0.2) is 24.1 Å². The fraction of sp³-hybridized carbons (Fsp3) is 1.00. The summed E-state index contributed by atoms with van der Waals surface area (Å²) in [5.74, 6) is 4.59. The average Bonchev–Trinajstić information content (AvgIpc) is 2.71. The van der Waals surface area contributed by atoms with Gasteiger partial charge in [0.15, 0.2) is 0 Å². The molecule has 1 N–H and O–H groups in total. The molecule has 1 rings (SSSR count). The fourth-order valence-corrected chi connectivity index (χ4v) is 3.90. The number of hydrogen-bond donors (Lipinski definition) is 1. The van der Waals surface area contributed by atoms with Gasteiger partial charge in [-0.15, -0.1) is 0 Å². The molecular weight excluding hydrogens is 190 g/mol. The van der Waals surface area contributed by atoms with E-state index < -0.39 is 0 Å². The van der Waals surface area contributed by atoms with Crippen molar-refractivity contribution in [2.24, 2.45) is 11.8 Å². The summed E-state index contributed by atoms with van der Waals surface area (Å²) in [6.45, 7) is 8.03. The molecule has 1 heterocycles. The Morgan fingerprint density at radius 3 is 2.43 bits per heavy atom. The molecule has 2 unspecified atom stereocenters. The zero-order valence-corrected chi connectivity index (χ0v) is 10.7. The van der Waals surface area contributed by atoms with Crippen LogP contribution < -0.4 is 5.32 Å². The van der Waals surface area contributed by atoms with E-state index in [1.165, 1.54) is 30.8 Å². The van der Waals surface area contributed by atoms with E-state index in [-0.39, 0.29) is 0 Å². The molecule has 0 aromatic heterocycles. The summed E-state index contributed by atoms with van der Waals surface area (Å²) in [7, 11) is 0. The molecule has 1 saturated heterocycles. The van der Waals surface area contributed by atoms with Gasteiger partial charge in [0.05, 0.1) is 0 Å². The second kappa shape index (κ2) is 6.73. The molecule has 1 fully saturated rings. The Hall–Kier alpha value is 0.310. The molecule has 0 aliphatic carbocycles. The first-order valence-electron chi connectivity index (χ1n) is 6.14. The van der Waals surface area contributed by atoms with Gasteiger partial charge in [-0.2, -0.15) is 11.8 Å². The minimum atomic E-state index is 0.782. The second-order valence-electron chi connectivity index (χ2n) is 4.28. The monoisotopic (exact) mass is 215 g/mol. The molecule has 1 aliphatic heterocycles. The maximum absolute atomic E-state index is 3.71. The zero-order valence-electron chi connectivity index (χ0n) is 9.88. The van der Waals surface area contributed by atoms with Gasteiger partial charge in [-0.3, -0.25) is 0 Å². The summed E-state index contributed by atoms with van der Waals surface area (Å²) in [6.07, 6.45) is 4.09. The SMILES string of the molecule is CCNC(C(CC)CC)C1CCSC1. The largest absolute Gasteiger partial charge is 0.314 e. The lowest BCUT2D eigenvalue weighted by atomic mass is 9.84. The molecule has 0 aromatic rings. The third-order valence-electron chi connectivity index (χ3n) is 3.47. The first-order valence-corrected chi connectivity index (χ1v) is 7.30. The van der Waals surface area contributed by atoms with Crippen molar-refractivity contribution in [2.75, 3.05) is 18.1 Å². The van der Waals surface area contributed by atoms with Crippen molar-refractivity contribution in [2.45, 2.75) is 46.1 Å². The Balaban J connectivity index is 2.51. The smallest absolute Gasteiger partial charge is 0.0131 e. The molecule has 1 aliphatic rings. The number of hydrogen-bond acceptors (Lipinski definition) is 2. The van der Waals surface area contributed by atoms with Gasteiger partial charge in [-0.05, 0) is 36.3 Å². The van der Waals surface area contributed by atoms with Crippen LogP contribution >= 0.6 is 11.8 Å². The van der Waals surface area contributed by atoms with Crippen molar-refractivity contribution in [3.63, 3.8) is 0 Å². The number of thioether (sulfide) groups is 1. The van der Waals surface area contributed by atoms with Crippen LogP contribution in [0.15, 0.2) is 0 Å². The van der Waals surface area contributed by atoms with Crippen molar-refractivity contribution in [1.82, 2.24) is 5.32 Å². The van der Waals surface area contributed by atoms with Gasteiger partial charge in [0.1, 0.15) is 0 Å². The van der Waals surface area contributed by atoms with Gasteiger partial charge < -0.3 is 5.32 Å². The molecule has 0 radical (unpaired) electrons. The average molecular weight is 215 g/mol. The van der Waals surface area contributed by atoms with Gasteiger partial charge in [0, 0.05) is 6.04 Å². The number of nitrogens with one attached hydrogen (secondary N) is 1. The van der Waals surface area contributed by atoms with E-state index >= 15 is 0 Å². The molecule has 0 aromatic carbocycles. The van der Waals surface area contributed by atoms with Crippen molar-refractivity contribution in [3.05, 3.63) is 0 Å². The Morgan fingerprint density at radius 1 is 1.29 bits per heavy atom. The fourth-order valence-electron chi connectivity index (χ4n) is 2.59. The summed E-state index contributed by atoms with van der Waals surface area (Å²) in [5.41, 5.74) is 0. The molecule has 2 heteroatoms. The van der Waals surface area contributed by atoms with Gasteiger partial charge in [-0.1, -0.05) is 33.6 Å². The summed E-state index contributed by atoms with van der Waals surface area (Å²) >= 11 is 2.13. The predicted molar refractivity (Wildman–Crippen MR) is 67.0 cm³/mol. The van der Waals surface area contributed by atoms with Crippen LogP contribution in [0.25, 0.3) is 0 Å². The zero-order chi connectivity index (χ0) is 10.4. The Bertz CT molecular complexity index is 137. The lowest BCUT2D eigenvalue weighted by Gasteiger charge is -2.31. The van der Waals surface area contributed by atoms with Crippen LogP contribution in [0.4, 0.5) is 0 Å². The molecule has 14 heavy (non-hydrogen) atoms. The molecule has 0 saturated carbocycles. The minimum Gasteiger partial charge on any atom is -0.314 e. The normalized spacial score (nSPS) is 24.4. The summed E-state index contributed by atoms with van der Waals surface area (Å²) in [5, 5.41) is 3.71. The van der Waals surface area contributed by atoms with Gasteiger partial charge in [0.2, 0.25) is 0 Å². The first kappa shape index (κ1) is 12.4. The summed E-state index contributed by atoms with van der Waals surface area (Å²) in [6, 6.07) is 0.782. The summed E-state index contributed by atoms with van der Waals surface area (Å²) < 4.78 is 0. The molecule has 0 bridgehead atoms. The van der Waals surface area contributed by atoms with E-state index in [2.05, 4.69) is 37.8 Å². The van der Waals surface area contributed by atoms with Crippen LogP contribution in [0.5, 0.6) is 0 Å². The highest BCUT2D eigenvalue weighted by Crippen LogP contribution is 2.31. The van der Waals surface area contributed by atoms with Crippen LogP contribution in [0.1, 0.15) is 40.0 Å². The lowest BCUT2D eigenvalue weighted by Crippen LogP contribution is -2.42. The molecule has 2 atom stereocenters. The van der Waals surface area contributed by atoms with Crippen LogP contribution in [-0.2, 0) is 0 Å². The Labute approximate surface area is 93.4 Å². The van der Waals surface area contributed by atoms with Gasteiger partial charge in [-0.25, -0.2) is 0 Å². The Morgan fingerprint density at radius 2 is 2.00 bits per heavy atom. The predicted octanol–water partition coefficient (Wildman–Crippen LogP) is 3.15. The number of rotatable bonds is 6. The van der Waals surface area contributed by atoms with Crippen molar-refractivity contribution >= 4 is 11.8 Å². The van der Waals surface area contributed by atoms with E-state index in [4.69, 9.17) is 0 Å².